The fourth-order valence-electron chi connectivity index (χ4n) is 1.50. The summed E-state index contributed by atoms with van der Waals surface area (Å²) in [5.41, 5.74) is 0.411. The minimum Gasteiger partial charge on any atom is -0.484 e. The Balaban J connectivity index is 2.17. The Morgan fingerprint density at radius 1 is 1.47 bits per heavy atom. The highest BCUT2D eigenvalue weighted by atomic mass is 79.9. The summed E-state index contributed by atoms with van der Waals surface area (Å²) in [5.74, 6) is -0.499. The highest BCUT2D eigenvalue weighted by Gasteiger charge is 2.14. The van der Waals surface area contributed by atoms with Gasteiger partial charge in [0.25, 0.3) is 0 Å². The number of halogens is 1. The summed E-state index contributed by atoms with van der Waals surface area (Å²) in [4.78, 5) is 10.9. The van der Waals surface area contributed by atoms with Crippen LogP contribution in [-0.4, -0.2) is 11.1 Å². The van der Waals surface area contributed by atoms with Gasteiger partial charge in [-0.25, -0.2) is 4.79 Å². The zero-order valence-corrected chi connectivity index (χ0v) is 11.2. The van der Waals surface area contributed by atoms with Crippen molar-refractivity contribution >= 4 is 21.9 Å². The highest BCUT2D eigenvalue weighted by Crippen LogP contribution is 2.24. The number of rotatable bonds is 4. The average Bonchev–Trinajstić information content (AvgIpc) is 2.85. The van der Waals surface area contributed by atoms with Crippen LogP contribution in [0.5, 0.6) is 5.75 Å². The summed E-state index contributed by atoms with van der Waals surface area (Å²) in [6.45, 7) is -0.0506. The molecule has 19 heavy (non-hydrogen) atoms. The van der Waals surface area contributed by atoms with Crippen LogP contribution in [0.2, 0.25) is 0 Å². The molecule has 1 aromatic heterocycles. The molecule has 2 aromatic rings. The SMILES string of the molecule is N#Cc1cc(Br)ccc1OCc1occc1C(=O)O. The first-order valence-corrected chi connectivity index (χ1v) is 6.03. The maximum atomic E-state index is 10.9. The lowest BCUT2D eigenvalue weighted by Crippen LogP contribution is -2.03. The van der Waals surface area contributed by atoms with Gasteiger partial charge in [-0.15, -0.1) is 0 Å². The van der Waals surface area contributed by atoms with Crippen LogP contribution in [0.25, 0.3) is 0 Å². The van der Waals surface area contributed by atoms with Gasteiger partial charge in [0.1, 0.15) is 24.0 Å². The molecule has 5 nitrogen and oxygen atoms in total. The fourth-order valence-corrected chi connectivity index (χ4v) is 1.86. The van der Waals surface area contributed by atoms with E-state index in [9.17, 15) is 4.79 Å². The van der Waals surface area contributed by atoms with Crippen molar-refractivity contribution in [3.8, 4) is 11.8 Å². The maximum absolute atomic E-state index is 10.9. The summed E-state index contributed by atoms with van der Waals surface area (Å²) in [5, 5.41) is 17.9. The normalized spacial score (nSPS) is 9.89. The Morgan fingerprint density at radius 3 is 2.95 bits per heavy atom. The van der Waals surface area contributed by atoms with Crippen LogP contribution in [0, 0.1) is 11.3 Å². The molecule has 6 heteroatoms. The molecule has 0 spiro atoms. The van der Waals surface area contributed by atoms with Crippen molar-refractivity contribution in [1.82, 2.24) is 0 Å². The van der Waals surface area contributed by atoms with Crippen LogP contribution in [-0.2, 0) is 6.61 Å². The molecule has 0 fully saturated rings. The van der Waals surface area contributed by atoms with Crippen molar-refractivity contribution in [2.45, 2.75) is 6.61 Å². The van der Waals surface area contributed by atoms with Crippen molar-refractivity contribution in [2.75, 3.05) is 0 Å². The molecule has 2 rings (SSSR count). The van der Waals surface area contributed by atoms with Gasteiger partial charge in [0, 0.05) is 4.47 Å². The summed E-state index contributed by atoms with van der Waals surface area (Å²) >= 11 is 3.25. The van der Waals surface area contributed by atoms with Gasteiger partial charge in [-0.3, -0.25) is 0 Å². The van der Waals surface area contributed by atoms with E-state index in [1.54, 1.807) is 18.2 Å². The van der Waals surface area contributed by atoms with E-state index < -0.39 is 5.97 Å². The quantitative estimate of drug-likeness (QED) is 0.934. The Hall–Kier alpha value is -2.26. The number of carbonyl (C=O) groups is 1. The first kappa shape index (κ1) is 13.2. The van der Waals surface area contributed by atoms with E-state index in [1.807, 2.05) is 6.07 Å². The van der Waals surface area contributed by atoms with Crippen LogP contribution in [0.4, 0.5) is 0 Å². The molecule has 96 valence electrons. The number of aromatic carboxylic acids is 1. The van der Waals surface area contributed by atoms with Crippen LogP contribution >= 0.6 is 15.9 Å². The molecule has 0 saturated heterocycles. The number of carboxylic acid groups (broad SMARTS) is 1. The molecule has 0 atom stereocenters. The second-order valence-corrected chi connectivity index (χ2v) is 4.52. The summed E-state index contributed by atoms with van der Waals surface area (Å²) in [6.07, 6.45) is 1.29. The van der Waals surface area contributed by atoms with E-state index in [0.29, 0.717) is 11.3 Å². The van der Waals surface area contributed by atoms with Gasteiger partial charge in [0.05, 0.1) is 11.8 Å². The summed E-state index contributed by atoms with van der Waals surface area (Å²) < 4.78 is 11.2. The lowest BCUT2D eigenvalue weighted by molar-refractivity contribution is 0.0692. The first-order valence-electron chi connectivity index (χ1n) is 5.24. The van der Waals surface area contributed by atoms with Crippen LogP contribution in [0.1, 0.15) is 21.7 Å². The van der Waals surface area contributed by atoms with Gasteiger partial charge in [0.2, 0.25) is 0 Å². The lowest BCUT2D eigenvalue weighted by atomic mass is 10.2. The molecule has 0 saturated carbocycles. The minimum absolute atomic E-state index is 0.0506. The maximum Gasteiger partial charge on any atom is 0.339 e. The Labute approximate surface area is 117 Å². The molecular weight excluding hydrogens is 314 g/mol. The van der Waals surface area contributed by atoms with Crippen molar-refractivity contribution in [3.63, 3.8) is 0 Å². The van der Waals surface area contributed by atoms with E-state index >= 15 is 0 Å². The topological polar surface area (TPSA) is 83.5 Å². The van der Waals surface area contributed by atoms with Gasteiger partial charge < -0.3 is 14.3 Å². The molecule has 0 bridgehead atoms. The zero-order valence-electron chi connectivity index (χ0n) is 9.59. The van der Waals surface area contributed by atoms with Crippen molar-refractivity contribution in [1.29, 1.82) is 5.26 Å². The number of carboxylic acids is 1. The van der Waals surface area contributed by atoms with Gasteiger partial charge in [0.15, 0.2) is 5.76 Å². The zero-order chi connectivity index (χ0) is 13.8. The Kier molecular flexibility index (Phi) is 3.88. The third-order valence-corrected chi connectivity index (χ3v) is 2.89. The second-order valence-electron chi connectivity index (χ2n) is 3.60. The number of nitriles is 1. The van der Waals surface area contributed by atoms with Gasteiger partial charge in [-0.1, -0.05) is 15.9 Å². The Bertz CT molecular complexity index is 657. The smallest absolute Gasteiger partial charge is 0.339 e. The van der Waals surface area contributed by atoms with Gasteiger partial charge in [-0.05, 0) is 24.3 Å². The molecule has 0 unspecified atom stereocenters. The number of benzene rings is 1. The van der Waals surface area contributed by atoms with Crippen molar-refractivity contribution in [3.05, 3.63) is 51.9 Å². The van der Waals surface area contributed by atoms with Gasteiger partial charge in [-0.2, -0.15) is 5.26 Å². The number of nitrogens with zero attached hydrogens (tertiary/aromatic N) is 1. The fraction of sp³-hybridized carbons (Fsp3) is 0.0769. The van der Waals surface area contributed by atoms with Crippen molar-refractivity contribution in [2.24, 2.45) is 0 Å². The van der Waals surface area contributed by atoms with E-state index in [4.69, 9.17) is 19.5 Å². The summed E-state index contributed by atoms with van der Waals surface area (Å²) in [6, 6.07) is 8.34. The standard InChI is InChI=1S/C13H8BrNO4/c14-9-1-2-11(8(5-9)6-15)19-7-12-10(13(16)17)3-4-18-12/h1-5H,7H2,(H,16,17). The predicted octanol–water partition coefficient (Wildman–Crippen LogP) is 3.19. The monoisotopic (exact) mass is 321 g/mol. The van der Waals surface area contributed by atoms with Crippen LogP contribution in [0.15, 0.2) is 39.4 Å². The van der Waals surface area contributed by atoms with E-state index in [0.717, 1.165) is 4.47 Å². The van der Waals surface area contributed by atoms with E-state index in [-0.39, 0.29) is 17.9 Å². The number of ether oxygens (including phenoxy) is 1. The molecule has 1 heterocycles. The minimum atomic E-state index is -1.08. The largest absolute Gasteiger partial charge is 0.484 e. The molecule has 0 radical (unpaired) electrons. The third kappa shape index (κ3) is 2.95. The molecule has 0 aliphatic heterocycles. The lowest BCUT2D eigenvalue weighted by Gasteiger charge is -2.07. The first-order chi connectivity index (χ1) is 9.11. The third-order valence-electron chi connectivity index (χ3n) is 2.40. The predicted molar refractivity (Wildman–Crippen MR) is 68.9 cm³/mol. The average molecular weight is 322 g/mol. The molecule has 0 aliphatic carbocycles. The molecule has 1 N–H and O–H groups in total. The molecule has 0 aliphatic rings. The number of hydrogen-bond donors (Lipinski definition) is 1. The number of furan rings is 1. The molecule has 1 aromatic carbocycles. The molecular formula is C13H8BrNO4. The van der Waals surface area contributed by atoms with Crippen molar-refractivity contribution < 1.29 is 19.1 Å². The highest BCUT2D eigenvalue weighted by molar-refractivity contribution is 9.10. The molecule has 0 amide bonds. The summed E-state index contributed by atoms with van der Waals surface area (Å²) in [7, 11) is 0. The van der Waals surface area contributed by atoms with Gasteiger partial charge >= 0.3 is 5.97 Å². The van der Waals surface area contributed by atoms with Crippen LogP contribution in [0.3, 0.4) is 0 Å². The van der Waals surface area contributed by atoms with Crippen LogP contribution < -0.4 is 4.74 Å². The van der Waals surface area contributed by atoms with E-state index in [1.165, 1.54) is 12.3 Å². The Morgan fingerprint density at radius 2 is 2.26 bits per heavy atom. The second kappa shape index (κ2) is 5.59. The van der Waals surface area contributed by atoms with E-state index in [2.05, 4.69) is 15.9 Å². The number of hydrogen-bond acceptors (Lipinski definition) is 4.